The van der Waals surface area contributed by atoms with Gasteiger partial charge in [0.2, 0.25) is 0 Å². The number of nitrogens with zero attached hydrogens (tertiary/aromatic N) is 1. The summed E-state index contributed by atoms with van der Waals surface area (Å²) in [7, 11) is 1.99. The molecule has 0 spiro atoms. The minimum atomic E-state index is -0.286. The summed E-state index contributed by atoms with van der Waals surface area (Å²) in [5.41, 5.74) is 2.50. The van der Waals surface area contributed by atoms with Crippen LogP contribution in [-0.2, 0) is 6.42 Å². The Balaban J connectivity index is 2.66. The highest BCUT2D eigenvalue weighted by Crippen LogP contribution is 2.14. The second-order valence-corrected chi connectivity index (χ2v) is 3.75. The number of hydrogen-bond acceptors (Lipinski definition) is 2. The van der Waals surface area contributed by atoms with E-state index in [9.17, 15) is 5.11 Å². The van der Waals surface area contributed by atoms with Crippen molar-refractivity contribution in [3.63, 3.8) is 0 Å². The van der Waals surface area contributed by atoms with Crippen molar-refractivity contribution in [3.8, 4) is 0 Å². The molecule has 0 aliphatic carbocycles. The van der Waals surface area contributed by atoms with E-state index in [0.717, 1.165) is 12.1 Å². The molecule has 1 aromatic carbocycles. The minimum Gasteiger partial charge on any atom is -0.392 e. The van der Waals surface area contributed by atoms with Gasteiger partial charge in [-0.15, -0.1) is 0 Å². The molecule has 0 amide bonds. The fourth-order valence-electron chi connectivity index (χ4n) is 1.49. The molecule has 1 aromatic rings. The molecule has 0 heterocycles. The number of hydrogen-bond donors (Lipinski definition) is 1. The average molecular weight is 193 g/mol. The summed E-state index contributed by atoms with van der Waals surface area (Å²) in [6.45, 7) is 4.62. The van der Waals surface area contributed by atoms with Gasteiger partial charge in [0.25, 0.3) is 0 Å². The normalized spacial score (nSPS) is 12.6. The van der Waals surface area contributed by atoms with Crippen LogP contribution in [0.5, 0.6) is 0 Å². The van der Waals surface area contributed by atoms with Crippen molar-refractivity contribution in [2.45, 2.75) is 26.4 Å². The van der Waals surface area contributed by atoms with Gasteiger partial charge in [-0.25, -0.2) is 0 Å². The Hall–Kier alpha value is -1.02. The molecule has 0 unspecified atom stereocenters. The molecular formula is C12H19NO. The van der Waals surface area contributed by atoms with E-state index < -0.39 is 0 Å². The van der Waals surface area contributed by atoms with Gasteiger partial charge in [-0.1, -0.05) is 19.1 Å². The Morgan fingerprint density at radius 2 is 1.86 bits per heavy atom. The first-order valence-electron chi connectivity index (χ1n) is 5.11. The van der Waals surface area contributed by atoms with E-state index in [2.05, 4.69) is 36.1 Å². The lowest BCUT2D eigenvalue weighted by molar-refractivity contribution is 0.201. The summed E-state index contributed by atoms with van der Waals surface area (Å²) < 4.78 is 0. The van der Waals surface area contributed by atoms with Crippen LogP contribution in [0.2, 0.25) is 0 Å². The fourth-order valence-corrected chi connectivity index (χ4v) is 1.49. The quantitative estimate of drug-likeness (QED) is 0.791. The zero-order valence-electron chi connectivity index (χ0n) is 9.20. The predicted molar refractivity (Wildman–Crippen MR) is 60.8 cm³/mol. The SMILES string of the molecule is CCc1ccc(N(C)C[C@@H](C)O)cc1. The van der Waals surface area contributed by atoms with Crippen molar-refractivity contribution < 1.29 is 5.11 Å². The first kappa shape index (κ1) is 11.1. The van der Waals surface area contributed by atoms with Crippen LogP contribution in [0.15, 0.2) is 24.3 Å². The maximum Gasteiger partial charge on any atom is 0.0686 e. The Labute approximate surface area is 86.2 Å². The van der Waals surface area contributed by atoms with Crippen molar-refractivity contribution in [1.82, 2.24) is 0 Å². The highest BCUT2D eigenvalue weighted by Gasteiger charge is 2.03. The van der Waals surface area contributed by atoms with Gasteiger partial charge in [0.15, 0.2) is 0 Å². The third-order valence-corrected chi connectivity index (χ3v) is 2.32. The number of rotatable bonds is 4. The van der Waals surface area contributed by atoms with E-state index in [-0.39, 0.29) is 6.10 Å². The maximum absolute atomic E-state index is 9.24. The number of likely N-dealkylation sites (N-methyl/N-ethyl adjacent to an activating group) is 1. The summed E-state index contributed by atoms with van der Waals surface area (Å²) in [6.07, 6.45) is 0.784. The van der Waals surface area contributed by atoms with E-state index in [4.69, 9.17) is 0 Å². The van der Waals surface area contributed by atoms with Gasteiger partial charge in [0, 0.05) is 19.3 Å². The van der Waals surface area contributed by atoms with Crippen molar-refractivity contribution in [2.75, 3.05) is 18.5 Å². The third-order valence-electron chi connectivity index (χ3n) is 2.32. The van der Waals surface area contributed by atoms with Gasteiger partial charge >= 0.3 is 0 Å². The van der Waals surface area contributed by atoms with Crippen LogP contribution in [0.4, 0.5) is 5.69 Å². The Morgan fingerprint density at radius 1 is 1.29 bits per heavy atom. The van der Waals surface area contributed by atoms with Crippen molar-refractivity contribution in [2.24, 2.45) is 0 Å². The molecule has 0 radical (unpaired) electrons. The van der Waals surface area contributed by atoms with Gasteiger partial charge in [-0.05, 0) is 31.0 Å². The van der Waals surface area contributed by atoms with Crippen LogP contribution in [0.1, 0.15) is 19.4 Å². The van der Waals surface area contributed by atoms with Gasteiger partial charge in [-0.2, -0.15) is 0 Å². The standard InChI is InChI=1S/C12H19NO/c1-4-11-5-7-12(8-6-11)13(3)9-10(2)14/h5-8,10,14H,4,9H2,1-3H3/t10-/m1/s1. The molecule has 0 aliphatic heterocycles. The average Bonchev–Trinajstić information content (AvgIpc) is 2.17. The lowest BCUT2D eigenvalue weighted by Gasteiger charge is -2.20. The summed E-state index contributed by atoms with van der Waals surface area (Å²) in [5.74, 6) is 0. The Kier molecular flexibility index (Phi) is 3.96. The molecule has 1 atom stereocenters. The zero-order chi connectivity index (χ0) is 10.6. The molecule has 78 valence electrons. The molecule has 0 fully saturated rings. The van der Waals surface area contributed by atoms with Crippen molar-refractivity contribution in [3.05, 3.63) is 29.8 Å². The van der Waals surface area contributed by atoms with E-state index in [0.29, 0.717) is 6.54 Å². The van der Waals surface area contributed by atoms with Crippen molar-refractivity contribution >= 4 is 5.69 Å². The summed E-state index contributed by atoms with van der Waals surface area (Å²) in [5, 5.41) is 9.24. The zero-order valence-corrected chi connectivity index (χ0v) is 9.20. The lowest BCUT2D eigenvalue weighted by Crippen LogP contribution is -2.26. The van der Waals surface area contributed by atoms with E-state index in [1.165, 1.54) is 5.56 Å². The highest BCUT2D eigenvalue weighted by atomic mass is 16.3. The first-order valence-corrected chi connectivity index (χ1v) is 5.11. The predicted octanol–water partition coefficient (Wildman–Crippen LogP) is 2.07. The van der Waals surface area contributed by atoms with E-state index >= 15 is 0 Å². The number of benzene rings is 1. The van der Waals surface area contributed by atoms with Gasteiger partial charge in [0.05, 0.1) is 6.10 Å². The number of aliphatic hydroxyl groups excluding tert-OH is 1. The molecule has 1 rings (SSSR count). The Morgan fingerprint density at radius 3 is 2.29 bits per heavy atom. The molecule has 0 bridgehead atoms. The second-order valence-electron chi connectivity index (χ2n) is 3.75. The van der Waals surface area contributed by atoms with E-state index in [1.54, 1.807) is 6.92 Å². The van der Waals surface area contributed by atoms with Crippen LogP contribution >= 0.6 is 0 Å². The Bertz CT molecular complexity index is 266. The van der Waals surface area contributed by atoms with Gasteiger partial charge < -0.3 is 10.0 Å². The molecule has 1 N–H and O–H groups in total. The molecule has 0 saturated carbocycles. The van der Waals surface area contributed by atoms with E-state index in [1.807, 2.05) is 7.05 Å². The van der Waals surface area contributed by atoms with Gasteiger partial charge in [-0.3, -0.25) is 0 Å². The van der Waals surface area contributed by atoms with Crippen molar-refractivity contribution in [1.29, 1.82) is 0 Å². The summed E-state index contributed by atoms with van der Waals surface area (Å²) in [4.78, 5) is 2.06. The highest BCUT2D eigenvalue weighted by molar-refractivity contribution is 5.46. The molecule has 2 heteroatoms. The monoisotopic (exact) mass is 193 g/mol. The topological polar surface area (TPSA) is 23.5 Å². The lowest BCUT2D eigenvalue weighted by atomic mass is 10.1. The largest absolute Gasteiger partial charge is 0.392 e. The molecule has 0 saturated heterocycles. The maximum atomic E-state index is 9.24. The number of aryl methyl sites for hydroxylation is 1. The van der Waals surface area contributed by atoms with Crippen LogP contribution in [-0.4, -0.2) is 24.8 Å². The minimum absolute atomic E-state index is 0.286. The third kappa shape index (κ3) is 3.04. The van der Waals surface area contributed by atoms with Crippen LogP contribution in [0.25, 0.3) is 0 Å². The summed E-state index contributed by atoms with van der Waals surface area (Å²) >= 11 is 0. The number of anilines is 1. The number of aliphatic hydroxyl groups is 1. The van der Waals surface area contributed by atoms with Crippen LogP contribution < -0.4 is 4.90 Å². The molecule has 0 aromatic heterocycles. The van der Waals surface area contributed by atoms with Gasteiger partial charge in [0.1, 0.15) is 0 Å². The smallest absolute Gasteiger partial charge is 0.0686 e. The molecule has 2 nitrogen and oxygen atoms in total. The molecular weight excluding hydrogens is 174 g/mol. The first-order chi connectivity index (χ1) is 6.63. The molecule has 0 aliphatic rings. The van der Waals surface area contributed by atoms with Crippen LogP contribution in [0, 0.1) is 0 Å². The summed E-state index contributed by atoms with van der Waals surface area (Å²) in [6, 6.07) is 8.46. The fraction of sp³-hybridized carbons (Fsp3) is 0.500. The van der Waals surface area contributed by atoms with Crippen LogP contribution in [0.3, 0.4) is 0 Å². The second kappa shape index (κ2) is 5.01. The molecule has 14 heavy (non-hydrogen) atoms.